The average Bonchev–Trinajstić information content (AvgIpc) is 3.39. The molecule has 0 spiro atoms. The number of halogens is 2. The lowest BCUT2D eigenvalue weighted by Crippen LogP contribution is -2.52. The van der Waals surface area contributed by atoms with E-state index in [1.54, 1.807) is 4.90 Å². The maximum Gasteiger partial charge on any atom is 0.258 e. The van der Waals surface area contributed by atoms with Crippen LogP contribution in [0.15, 0.2) is 85.3 Å². The molecule has 3 heterocycles. The second-order valence-corrected chi connectivity index (χ2v) is 8.83. The summed E-state index contributed by atoms with van der Waals surface area (Å²) >= 11 is 0. The van der Waals surface area contributed by atoms with Crippen molar-refractivity contribution < 1.29 is 9.59 Å². The standard InChI is InChI=1S/C28H29N5O2.2ClH/c34-27(32-18-16-31(17-19-32)15-11-22-8-12-29-13-9-22)21-33(25-4-2-1-3-5-25)28(35)24-7-6-23-10-14-30-26(23)20-24;;/h1-10,12-14,20,30H,11,15-19,21H2;2*1H. The summed E-state index contributed by atoms with van der Waals surface area (Å²) in [6.07, 6.45) is 6.47. The van der Waals surface area contributed by atoms with Crippen LogP contribution in [0.4, 0.5) is 5.69 Å². The normalized spacial score (nSPS) is 13.5. The summed E-state index contributed by atoms with van der Waals surface area (Å²) in [5.74, 6) is -0.214. The van der Waals surface area contributed by atoms with E-state index in [2.05, 4.69) is 14.9 Å². The number of fused-ring (bicyclic) bond motifs is 1. The molecule has 7 nitrogen and oxygen atoms in total. The number of nitrogens with one attached hydrogen (secondary N) is 1. The van der Waals surface area contributed by atoms with Gasteiger partial charge in [-0.1, -0.05) is 24.3 Å². The molecule has 1 saturated heterocycles. The molecule has 2 amide bonds. The molecule has 2 aromatic heterocycles. The first-order valence-corrected chi connectivity index (χ1v) is 12.0. The minimum atomic E-state index is -0.183. The molecule has 1 aliphatic rings. The molecule has 0 radical (unpaired) electrons. The lowest BCUT2D eigenvalue weighted by atomic mass is 10.1. The predicted molar refractivity (Wildman–Crippen MR) is 152 cm³/mol. The molecule has 1 N–H and O–H groups in total. The van der Waals surface area contributed by atoms with Crippen molar-refractivity contribution >= 4 is 53.2 Å². The molecule has 0 bridgehead atoms. The maximum absolute atomic E-state index is 13.5. The van der Waals surface area contributed by atoms with E-state index in [0.717, 1.165) is 37.0 Å². The van der Waals surface area contributed by atoms with Gasteiger partial charge < -0.3 is 9.88 Å². The van der Waals surface area contributed by atoms with Crippen LogP contribution in [-0.4, -0.2) is 70.9 Å². The summed E-state index contributed by atoms with van der Waals surface area (Å²) in [5.41, 5.74) is 3.44. The van der Waals surface area contributed by atoms with Gasteiger partial charge in [-0.3, -0.25) is 24.4 Å². The SMILES string of the molecule is Cl.Cl.O=C(CN(C(=O)c1ccc2cc[nH]c2c1)c1ccccc1)N1CCN(CCc2ccncc2)CC1. The van der Waals surface area contributed by atoms with Crippen LogP contribution >= 0.6 is 24.8 Å². The number of pyridine rings is 1. The maximum atomic E-state index is 13.5. The van der Waals surface area contributed by atoms with E-state index in [4.69, 9.17) is 0 Å². The van der Waals surface area contributed by atoms with E-state index in [1.165, 1.54) is 5.56 Å². The number of benzene rings is 2. The second-order valence-electron chi connectivity index (χ2n) is 8.83. The van der Waals surface area contributed by atoms with E-state index in [1.807, 2.05) is 90.2 Å². The topological polar surface area (TPSA) is 72.5 Å². The van der Waals surface area contributed by atoms with Gasteiger partial charge in [-0.05, 0) is 59.8 Å². The fraction of sp³-hybridized carbons (Fsp3) is 0.250. The van der Waals surface area contributed by atoms with Crippen LogP contribution in [0, 0.1) is 0 Å². The number of H-pyrrole nitrogens is 1. The molecule has 1 aliphatic heterocycles. The second kappa shape index (κ2) is 13.2. The smallest absolute Gasteiger partial charge is 0.258 e. The minimum Gasteiger partial charge on any atom is -0.361 e. The number of nitrogens with zero attached hydrogens (tertiary/aromatic N) is 4. The van der Waals surface area contributed by atoms with Crippen LogP contribution < -0.4 is 4.90 Å². The number of carbonyl (C=O) groups is 2. The third-order valence-corrected chi connectivity index (χ3v) is 6.60. The first-order valence-electron chi connectivity index (χ1n) is 12.0. The van der Waals surface area contributed by atoms with Crippen LogP contribution in [-0.2, 0) is 11.2 Å². The molecular formula is C28H31Cl2N5O2. The first kappa shape index (κ1) is 28.2. The van der Waals surface area contributed by atoms with Crippen molar-refractivity contribution in [3.8, 4) is 0 Å². The van der Waals surface area contributed by atoms with Gasteiger partial charge >= 0.3 is 0 Å². The van der Waals surface area contributed by atoms with Gasteiger partial charge in [0.2, 0.25) is 5.91 Å². The molecule has 1 fully saturated rings. The zero-order chi connectivity index (χ0) is 24.0. The number of para-hydroxylation sites is 1. The van der Waals surface area contributed by atoms with Crippen molar-refractivity contribution in [1.29, 1.82) is 0 Å². The van der Waals surface area contributed by atoms with Crippen LogP contribution in [0.5, 0.6) is 0 Å². The highest BCUT2D eigenvalue weighted by atomic mass is 35.5. The van der Waals surface area contributed by atoms with Gasteiger partial charge in [-0.15, -0.1) is 24.8 Å². The van der Waals surface area contributed by atoms with Crippen LogP contribution in [0.1, 0.15) is 15.9 Å². The number of rotatable bonds is 7. The zero-order valence-electron chi connectivity index (χ0n) is 20.5. The highest BCUT2D eigenvalue weighted by molar-refractivity contribution is 6.10. The molecule has 37 heavy (non-hydrogen) atoms. The molecule has 0 saturated carbocycles. The van der Waals surface area contributed by atoms with E-state index in [9.17, 15) is 9.59 Å². The largest absolute Gasteiger partial charge is 0.361 e. The number of carbonyl (C=O) groups excluding carboxylic acids is 2. The lowest BCUT2D eigenvalue weighted by Gasteiger charge is -2.36. The summed E-state index contributed by atoms with van der Waals surface area (Å²) in [5, 5.41) is 1.05. The molecule has 0 unspecified atom stereocenters. The fourth-order valence-electron chi connectivity index (χ4n) is 4.52. The quantitative estimate of drug-likeness (QED) is 0.376. The summed E-state index contributed by atoms with van der Waals surface area (Å²) in [4.78, 5) is 39.9. The highest BCUT2D eigenvalue weighted by Crippen LogP contribution is 2.20. The van der Waals surface area contributed by atoms with Crippen LogP contribution in [0.25, 0.3) is 10.9 Å². The van der Waals surface area contributed by atoms with Gasteiger partial charge in [0.05, 0.1) is 0 Å². The number of aromatic nitrogens is 2. The van der Waals surface area contributed by atoms with Gasteiger partial charge in [0.1, 0.15) is 6.54 Å². The lowest BCUT2D eigenvalue weighted by molar-refractivity contribution is -0.131. The van der Waals surface area contributed by atoms with Crippen molar-refractivity contribution in [3.63, 3.8) is 0 Å². The Morgan fingerprint density at radius 2 is 1.62 bits per heavy atom. The number of hydrogen-bond donors (Lipinski definition) is 1. The number of anilines is 1. The molecule has 9 heteroatoms. The Labute approximate surface area is 229 Å². The zero-order valence-corrected chi connectivity index (χ0v) is 22.1. The van der Waals surface area contributed by atoms with Crippen LogP contribution in [0.2, 0.25) is 0 Å². The number of piperazine rings is 1. The fourth-order valence-corrected chi connectivity index (χ4v) is 4.52. The Hall–Kier alpha value is -3.39. The molecular weight excluding hydrogens is 509 g/mol. The summed E-state index contributed by atoms with van der Waals surface area (Å²) in [7, 11) is 0. The molecule has 0 atom stereocenters. The third-order valence-electron chi connectivity index (χ3n) is 6.60. The van der Waals surface area contributed by atoms with Crippen molar-refractivity contribution in [1.82, 2.24) is 19.8 Å². The Morgan fingerprint density at radius 3 is 2.35 bits per heavy atom. The van der Waals surface area contributed by atoms with Gasteiger partial charge in [0.15, 0.2) is 0 Å². The van der Waals surface area contributed by atoms with E-state index >= 15 is 0 Å². The van der Waals surface area contributed by atoms with Crippen molar-refractivity contribution in [2.45, 2.75) is 6.42 Å². The van der Waals surface area contributed by atoms with Gasteiger partial charge in [-0.25, -0.2) is 0 Å². The van der Waals surface area contributed by atoms with Gasteiger partial charge in [0, 0.05) is 68.1 Å². The molecule has 2 aromatic carbocycles. The summed E-state index contributed by atoms with van der Waals surface area (Å²) < 4.78 is 0. The molecule has 194 valence electrons. The first-order chi connectivity index (χ1) is 17.2. The summed E-state index contributed by atoms with van der Waals surface area (Å²) in [6, 6.07) is 21.1. The molecule has 4 aromatic rings. The average molecular weight is 540 g/mol. The van der Waals surface area contributed by atoms with Crippen molar-refractivity contribution in [3.05, 3.63) is 96.4 Å². The van der Waals surface area contributed by atoms with E-state index in [-0.39, 0.29) is 43.2 Å². The number of aromatic amines is 1. The number of amides is 2. The Bertz CT molecular complexity index is 1290. The monoisotopic (exact) mass is 539 g/mol. The Morgan fingerprint density at radius 1 is 0.892 bits per heavy atom. The van der Waals surface area contributed by atoms with Gasteiger partial charge in [0.25, 0.3) is 5.91 Å². The highest BCUT2D eigenvalue weighted by Gasteiger charge is 2.26. The Kier molecular flexibility index (Phi) is 10.1. The van der Waals surface area contributed by atoms with Crippen molar-refractivity contribution in [2.75, 3.05) is 44.2 Å². The van der Waals surface area contributed by atoms with E-state index in [0.29, 0.717) is 24.3 Å². The summed E-state index contributed by atoms with van der Waals surface area (Å²) in [6.45, 7) is 3.98. The Balaban J connectivity index is 0.00000190. The van der Waals surface area contributed by atoms with Gasteiger partial charge in [-0.2, -0.15) is 0 Å². The van der Waals surface area contributed by atoms with E-state index < -0.39 is 0 Å². The molecule has 0 aliphatic carbocycles. The van der Waals surface area contributed by atoms with Crippen LogP contribution in [0.3, 0.4) is 0 Å². The third kappa shape index (κ3) is 6.89. The predicted octanol–water partition coefficient (Wildman–Crippen LogP) is 4.44. The minimum absolute atomic E-state index is 0. The van der Waals surface area contributed by atoms with Crippen molar-refractivity contribution in [2.24, 2.45) is 0 Å². The number of hydrogen-bond acceptors (Lipinski definition) is 4. The molecule has 5 rings (SSSR count).